The van der Waals surface area contributed by atoms with Gasteiger partial charge >= 0.3 is 0 Å². The Kier molecular flexibility index (Phi) is 10.7. The fraction of sp³-hybridized carbons (Fsp3) is 0.615. The lowest BCUT2D eigenvalue weighted by atomic mass is 9.83. The van der Waals surface area contributed by atoms with Crippen molar-refractivity contribution in [2.75, 3.05) is 20.3 Å². The number of carbonyl (C=O) groups is 4. The molecule has 1 aromatic carbocycles. The average molecular weight is 444 g/mol. The number of ketones is 3. The van der Waals surface area contributed by atoms with Gasteiger partial charge in [-0.15, -0.1) is 0 Å². The molecule has 6 nitrogen and oxygen atoms in total. The van der Waals surface area contributed by atoms with Gasteiger partial charge in [-0.1, -0.05) is 44.5 Å². The van der Waals surface area contributed by atoms with Crippen LogP contribution >= 0.6 is 0 Å². The van der Waals surface area contributed by atoms with Crippen LogP contribution in [0.2, 0.25) is 0 Å². The van der Waals surface area contributed by atoms with Gasteiger partial charge in [0.05, 0.1) is 5.92 Å². The summed E-state index contributed by atoms with van der Waals surface area (Å²) in [6.45, 7) is 4.89. The van der Waals surface area contributed by atoms with Crippen molar-refractivity contribution in [3.8, 4) is 0 Å². The summed E-state index contributed by atoms with van der Waals surface area (Å²) in [5.74, 6) is 0.158. The molecule has 2 rings (SSSR count). The summed E-state index contributed by atoms with van der Waals surface area (Å²) in [5, 5.41) is 0. The molecule has 176 valence electrons. The van der Waals surface area contributed by atoms with Crippen LogP contribution in [0.15, 0.2) is 24.3 Å². The smallest absolute Gasteiger partial charge is 0.248 e. The molecule has 1 aromatic rings. The van der Waals surface area contributed by atoms with E-state index in [-0.39, 0.29) is 36.3 Å². The summed E-state index contributed by atoms with van der Waals surface area (Å²) in [4.78, 5) is 50.0. The molecule has 0 N–H and O–H groups in total. The third-order valence-corrected chi connectivity index (χ3v) is 5.80. The lowest BCUT2D eigenvalue weighted by Gasteiger charge is -2.19. The van der Waals surface area contributed by atoms with E-state index < -0.39 is 5.92 Å². The summed E-state index contributed by atoms with van der Waals surface area (Å²) in [7, 11) is 1.73. The molecule has 0 saturated heterocycles. The predicted octanol–water partition coefficient (Wildman–Crippen LogP) is 3.93. The van der Waals surface area contributed by atoms with Crippen molar-refractivity contribution in [1.82, 2.24) is 4.90 Å². The van der Waals surface area contributed by atoms with Crippen LogP contribution in [0.4, 0.5) is 0 Å². The first-order chi connectivity index (χ1) is 15.3. The second kappa shape index (κ2) is 13.3. The molecule has 1 aliphatic rings. The molecule has 0 radical (unpaired) electrons. The minimum absolute atomic E-state index is 0.00310. The van der Waals surface area contributed by atoms with E-state index in [0.717, 1.165) is 24.0 Å². The quantitative estimate of drug-likeness (QED) is 0.341. The maximum absolute atomic E-state index is 12.5. The molecule has 1 fully saturated rings. The van der Waals surface area contributed by atoms with E-state index in [1.807, 2.05) is 38.1 Å². The summed E-state index contributed by atoms with van der Waals surface area (Å²) >= 11 is 0. The highest BCUT2D eigenvalue weighted by molar-refractivity contribution is 6.03. The lowest BCUT2D eigenvalue weighted by Crippen LogP contribution is -2.30. The summed E-state index contributed by atoms with van der Waals surface area (Å²) in [5.41, 5.74) is 1.85. The number of ether oxygens (including phenoxy) is 1. The fourth-order valence-electron chi connectivity index (χ4n) is 3.97. The SMILES string of the molecule is CC(C)CC(=O)CCCOCC(=O)N(C)Cc1ccc(CC(=O)C2CCCCC2=O)cc1. The van der Waals surface area contributed by atoms with E-state index in [1.54, 1.807) is 11.9 Å². The van der Waals surface area contributed by atoms with E-state index in [0.29, 0.717) is 51.2 Å². The number of carbonyl (C=O) groups excluding carboxylic acids is 4. The normalized spacial score (nSPS) is 16.2. The van der Waals surface area contributed by atoms with Crippen molar-refractivity contribution < 1.29 is 23.9 Å². The predicted molar refractivity (Wildman–Crippen MR) is 123 cm³/mol. The highest BCUT2D eigenvalue weighted by atomic mass is 16.5. The van der Waals surface area contributed by atoms with E-state index in [1.165, 1.54) is 0 Å². The highest BCUT2D eigenvalue weighted by Crippen LogP contribution is 2.23. The molecule has 1 unspecified atom stereocenters. The minimum Gasteiger partial charge on any atom is -0.372 e. The molecule has 1 saturated carbocycles. The standard InChI is InChI=1S/C26H37NO5/c1-19(2)15-22(28)7-6-14-32-18-26(31)27(3)17-21-12-10-20(11-13-21)16-25(30)23-8-4-5-9-24(23)29/h10-13,19,23H,4-9,14-18H2,1-3H3. The van der Waals surface area contributed by atoms with Crippen LogP contribution in [-0.4, -0.2) is 48.4 Å². The fourth-order valence-corrected chi connectivity index (χ4v) is 3.97. The molecule has 1 aliphatic carbocycles. The van der Waals surface area contributed by atoms with Gasteiger partial charge in [0.2, 0.25) is 5.91 Å². The van der Waals surface area contributed by atoms with Crippen LogP contribution in [0.5, 0.6) is 0 Å². The number of hydrogen-bond acceptors (Lipinski definition) is 5. The van der Waals surface area contributed by atoms with Gasteiger partial charge in [-0.3, -0.25) is 19.2 Å². The number of Topliss-reactive ketones (excluding diaryl/α,β-unsaturated/α-hetero) is 3. The Morgan fingerprint density at radius 3 is 2.44 bits per heavy atom. The maximum atomic E-state index is 12.5. The maximum Gasteiger partial charge on any atom is 0.248 e. The molecule has 0 aliphatic heterocycles. The Bertz CT molecular complexity index is 784. The number of hydrogen-bond donors (Lipinski definition) is 0. The van der Waals surface area contributed by atoms with Gasteiger partial charge in [0, 0.05) is 45.9 Å². The number of amides is 1. The van der Waals surface area contributed by atoms with E-state index >= 15 is 0 Å². The lowest BCUT2D eigenvalue weighted by molar-refractivity contribution is -0.136. The molecule has 6 heteroatoms. The van der Waals surface area contributed by atoms with Gasteiger partial charge in [0.25, 0.3) is 0 Å². The Hall–Kier alpha value is -2.34. The van der Waals surface area contributed by atoms with E-state index in [2.05, 4.69) is 0 Å². The minimum atomic E-state index is -0.430. The van der Waals surface area contributed by atoms with Crippen molar-refractivity contribution in [3.05, 3.63) is 35.4 Å². The van der Waals surface area contributed by atoms with Crippen molar-refractivity contribution in [2.24, 2.45) is 11.8 Å². The Morgan fingerprint density at radius 2 is 1.78 bits per heavy atom. The summed E-state index contributed by atoms with van der Waals surface area (Å²) in [6, 6.07) is 7.61. The second-order valence-corrected chi connectivity index (χ2v) is 9.27. The van der Waals surface area contributed by atoms with Crippen LogP contribution in [0.1, 0.15) is 69.9 Å². The van der Waals surface area contributed by atoms with Crippen LogP contribution in [0.25, 0.3) is 0 Å². The molecular weight excluding hydrogens is 406 g/mol. The highest BCUT2D eigenvalue weighted by Gasteiger charge is 2.28. The van der Waals surface area contributed by atoms with E-state index in [9.17, 15) is 19.2 Å². The van der Waals surface area contributed by atoms with Gasteiger partial charge in [0.1, 0.15) is 24.0 Å². The van der Waals surface area contributed by atoms with Gasteiger partial charge < -0.3 is 9.64 Å². The molecule has 0 heterocycles. The van der Waals surface area contributed by atoms with Gasteiger partial charge in [-0.25, -0.2) is 0 Å². The van der Waals surface area contributed by atoms with Crippen molar-refractivity contribution in [1.29, 1.82) is 0 Å². The summed E-state index contributed by atoms with van der Waals surface area (Å²) < 4.78 is 5.43. The number of rotatable bonds is 13. The van der Waals surface area contributed by atoms with Crippen molar-refractivity contribution in [3.63, 3.8) is 0 Å². The van der Waals surface area contributed by atoms with Crippen LogP contribution < -0.4 is 0 Å². The molecule has 0 bridgehead atoms. The first-order valence-corrected chi connectivity index (χ1v) is 11.7. The molecule has 1 atom stereocenters. The largest absolute Gasteiger partial charge is 0.372 e. The zero-order chi connectivity index (χ0) is 23.5. The van der Waals surface area contributed by atoms with Gasteiger partial charge in [0.15, 0.2) is 0 Å². The van der Waals surface area contributed by atoms with Crippen LogP contribution in [0, 0.1) is 11.8 Å². The topological polar surface area (TPSA) is 80.8 Å². The van der Waals surface area contributed by atoms with E-state index in [4.69, 9.17) is 4.74 Å². The molecule has 1 amide bonds. The monoisotopic (exact) mass is 443 g/mol. The Balaban J connectivity index is 1.69. The number of benzene rings is 1. The third-order valence-electron chi connectivity index (χ3n) is 5.80. The van der Waals surface area contributed by atoms with Crippen molar-refractivity contribution in [2.45, 2.75) is 71.8 Å². The zero-order valence-corrected chi connectivity index (χ0v) is 19.7. The van der Waals surface area contributed by atoms with Crippen LogP contribution in [-0.2, 0) is 36.9 Å². The van der Waals surface area contributed by atoms with Gasteiger partial charge in [-0.05, 0) is 36.3 Å². The Morgan fingerprint density at radius 1 is 1.09 bits per heavy atom. The zero-order valence-electron chi connectivity index (χ0n) is 19.7. The molecule has 0 spiro atoms. The average Bonchev–Trinajstić information content (AvgIpc) is 2.74. The van der Waals surface area contributed by atoms with Crippen LogP contribution in [0.3, 0.4) is 0 Å². The summed E-state index contributed by atoms with van der Waals surface area (Å²) in [6.07, 6.45) is 5.04. The number of nitrogens with zero attached hydrogens (tertiary/aromatic N) is 1. The number of likely N-dealkylation sites (N-methyl/N-ethyl adjacent to an activating group) is 1. The third kappa shape index (κ3) is 9.03. The Labute approximate surface area is 191 Å². The van der Waals surface area contributed by atoms with Crippen molar-refractivity contribution >= 4 is 23.3 Å². The second-order valence-electron chi connectivity index (χ2n) is 9.27. The molecule has 0 aromatic heterocycles. The first-order valence-electron chi connectivity index (χ1n) is 11.7. The first kappa shape index (κ1) is 25.9. The molecular formula is C26H37NO5. The molecule has 32 heavy (non-hydrogen) atoms. The van der Waals surface area contributed by atoms with Gasteiger partial charge in [-0.2, -0.15) is 0 Å².